The van der Waals surface area contributed by atoms with Crippen molar-refractivity contribution in [2.24, 2.45) is 0 Å². The van der Waals surface area contributed by atoms with Crippen LogP contribution >= 0.6 is 0 Å². The first-order valence-corrected chi connectivity index (χ1v) is 10.2. The molecule has 5 nitrogen and oxygen atoms in total. The van der Waals surface area contributed by atoms with Gasteiger partial charge in [0.15, 0.2) is 0 Å². The Hall–Kier alpha value is -2.15. The van der Waals surface area contributed by atoms with E-state index in [0.717, 1.165) is 37.6 Å². The minimum atomic E-state index is -0.519. The molecule has 3 rings (SSSR count). The zero-order chi connectivity index (χ0) is 20.6. The van der Waals surface area contributed by atoms with Gasteiger partial charge in [-0.15, -0.1) is 0 Å². The third kappa shape index (κ3) is 6.70. The fourth-order valence-corrected chi connectivity index (χ4v) is 3.43. The molecule has 0 spiro atoms. The van der Waals surface area contributed by atoms with E-state index >= 15 is 0 Å². The fourth-order valence-electron chi connectivity index (χ4n) is 3.43. The van der Waals surface area contributed by atoms with E-state index in [4.69, 9.17) is 9.47 Å². The number of halogens is 1. The second-order valence-corrected chi connectivity index (χ2v) is 7.59. The average Bonchev–Trinajstić information content (AvgIpc) is 2.71. The van der Waals surface area contributed by atoms with Gasteiger partial charge in [-0.05, 0) is 61.4 Å². The minimum absolute atomic E-state index is 0.213. The van der Waals surface area contributed by atoms with Crippen LogP contribution in [-0.2, 0) is 4.74 Å². The van der Waals surface area contributed by atoms with Gasteiger partial charge in [-0.1, -0.05) is 6.07 Å². The Labute approximate surface area is 172 Å². The summed E-state index contributed by atoms with van der Waals surface area (Å²) >= 11 is 0. The molecule has 1 aliphatic heterocycles. The summed E-state index contributed by atoms with van der Waals surface area (Å²) in [5.74, 6) is 0.631. The van der Waals surface area contributed by atoms with Crippen LogP contribution in [0.25, 0.3) is 0 Å². The number of hydrogen-bond acceptors (Lipinski definition) is 5. The maximum absolute atomic E-state index is 13.1. The lowest BCUT2D eigenvalue weighted by atomic mass is 10.1. The first kappa shape index (κ1) is 21.6. The molecule has 1 N–H and O–H groups in total. The lowest BCUT2D eigenvalue weighted by Crippen LogP contribution is -2.49. The van der Waals surface area contributed by atoms with Gasteiger partial charge in [0.1, 0.15) is 18.2 Å². The van der Waals surface area contributed by atoms with E-state index < -0.39 is 6.10 Å². The Morgan fingerprint density at radius 1 is 0.966 bits per heavy atom. The van der Waals surface area contributed by atoms with E-state index in [2.05, 4.69) is 23.6 Å². The highest BCUT2D eigenvalue weighted by Gasteiger charge is 2.19. The molecule has 1 heterocycles. The van der Waals surface area contributed by atoms with Crippen molar-refractivity contribution in [1.29, 1.82) is 0 Å². The molecule has 158 valence electrons. The molecule has 0 aliphatic carbocycles. The van der Waals surface area contributed by atoms with Gasteiger partial charge in [-0.25, -0.2) is 4.39 Å². The van der Waals surface area contributed by atoms with E-state index in [9.17, 15) is 9.50 Å². The number of piperazine rings is 1. The molecule has 2 aromatic rings. The molecule has 0 aromatic heterocycles. The summed E-state index contributed by atoms with van der Waals surface area (Å²) in [6, 6.07) is 12.6. The Morgan fingerprint density at radius 3 is 2.38 bits per heavy atom. The molecule has 0 radical (unpaired) electrons. The Bertz CT molecular complexity index is 761. The fraction of sp³-hybridized carbons (Fsp3) is 0.478. The minimum Gasteiger partial charge on any atom is -0.491 e. The maximum Gasteiger partial charge on any atom is 0.123 e. The number of aliphatic hydroxyl groups excluding tert-OH is 1. The third-order valence-corrected chi connectivity index (χ3v) is 5.32. The summed E-state index contributed by atoms with van der Waals surface area (Å²) in [6.07, 6.45) is -0.519. The van der Waals surface area contributed by atoms with Crippen molar-refractivity contribution >= 4 is 5.69 Å². The Morgan fingerprint density at radius 2 is 1.69 bits per heavy atom. The summed E-state index contributed by atoms with van der Waals surface area (Å²) in [5.41, 5.74) is 3.49. The number of hydrogen-bond donors (Lipinski definition) is 1. The first-order valence-electron chi connectivity index (χ1n) is 10.2. The first-order chi connectivity index (χ1) is 14.0. The van der Waals surface area contributed by atoms with Gasteiger partial charge in [0.05, 0.1) is 19.3 Å². The second-order valence-electron chi connectivity index (χ2n) is 7.59. The van der Waals surface area contributed by atoms with Gasteiger partial charge in [-0.3, -0.25) is 4.90 Å². The van der Waals surface area contributed by atoms with Gasteiger partial charge in [-0.2, -0.15) is 0 Å². The monoisotopic (exact) mass is 402 g/mol. The maximum atomic E-state index is 13.1. The van der Waals surface area contributed by atoms with E-state index in [0.29, 0.717) is 26.4 Å². The van der Waals surface area contributed by atoms with E-state index in [1.807, 2.05) is 30.3 Å². The van der Waals surface area contributed by atoms with Crippen molar-refractivity contribution in [3.05, 3.63) is 59.4 Å². The number of aryl methyl sites for hydroxylation is 2. The van der Waals surface area contributed by atoms with Crippen LogP contribution < -0.4 is 9.64 Å². The zero-order valence-corrected chi connectivity index (χ0v) is 17.3. The summed E-state index contributed by atoms with van der Waals surface area (Å²) in [7, 11) is 0. The number of rotatable bonds is 9. The quantitative estimate of drug-likeness (QED) is 0.654. The predicted octanol–water partition coefficient (Wildman–Crippen LogP) is 3.02. The van der Waals surface area contributed by atoms with Crippen molar-refractivity contribution in [2.45, 2.75) is 20.0 Å². The van der Waals surface area contributed by atoms with Crippen LogP contribution in [0.4, 0.5) is 10.1 Å². The van der Waals surface area contributed by atoms with Gasteiger partial charge in [0.2, 0.25) is 0 Å². The van der Waals surface area contributed by atoms with E-state index in [1.165, 1.54) is 23.3 Å². The molecule has 1 fully saturated rings. The van der Waals surface area contributed by atoms with Gasteiger partial charge in [0.25, 0.3) is 0 Å². The van der Waals surface area contributed by atoms with Crippen molar-refractivity contribution in [1.82, 2.24) is 4.90 Å². The molecule has 1 saturated heterocycles. The van der Waals surface area contributed by atoms with Crippen LogP contribution in [0.1, 0.15) is 11.1 Å². The summed E-state index contributed by atoms with van der Waals surface area (Å²) in [6.45, 7) is 9.40. The van der Waals surface area contributed by atoms with Crippen LogP contribution in [0, 0.1) is 19.7 Å². The molecular formula is C23H31FN2O3. The van der Waals surface area contributed by atoms with Gasteiger partial charge < -0.3 is 19.5 Å². The number of nitrogens with zero attached hydrogens (tertiary/aromatic N) is 2. The highest BCUT2D eigenvalue weighted by Crippen LogP contribution is 2.17. The predicted molar refractivity (Wildman–Crippen MR) is 113 cm³/mol. The lowest BCUT2D eigenvalue weighted by Gasteiger charge is -2.36. The molecular weight excluding hydrogens is 371 g/mol. The molecule has 0 bridgehead atoms. The molecule has 0 saturated carbocycles. The van der Waals surface area contributed by atoms with Gasteiger partial charge >= 0.3 is 0 Å². The topological polar surface area (TPSA) is 45.2 Å². The van der Waals surface area contributed by atoms with Crippen molar-refractivity contribution < 1.29 is 19.0 Å². The summed E-state index contributed by atoms with van der Waals surface area (Å²) in [5, 5.41) is 10.2. The SMILES string of the molecule is Cc1ccc(OCCOC[C@H](O)CN2CCN(c3ccc(F)cc3)CC2)cc1C. The molecule has 29 heavy (non-hydrogen) atoms. The normalized spacial score (nSPS) is 16.1. The highest BCUT2D eigenvalue weighted by atomic mass is 19.1. The average molecular weight is 403 g/mol. The molecule has 1 aliphatic rings. The molecule has 6 heteroatoms. The molecule has 0 amide bonds. The number of ether oxygens (including phenoxy) is 2. The van der Waals surface area contributed by atoms with Crippen molar-refractivity contribution in [3.63, 3.8) is 0 Å². The van der Waals surface area contributed by atoms with Crippen LogP contribution in [0.3, 0.4) is 0 Å². The molecule has 2 aromatic carbocycles. The van der Waals surface area contributed by atoms with Crippen LogP contribution in [0.15, 0.2) is 42.5 Å². The lowest BCUT2D eigenvalue weighted by molar-refractivity contribution is 0.00718. The number of β-amino-alcohol motifs (C(OH)–C–C–N with tert-alkyl or cyclic N) is 1. The Kier molecular flexibility index (Phi) is 7.86. The summed E-state index contributed by atoms with van der Waals surface area (Å²) < 4.78 is 24.3. The Balaban J connectivity index is 1.28. The van der Waals surface area contributed by atoms with Crippen molar-refractivity contribution in [2.75, 3.05) is 57.4 Å². The summed E-state index contributed by atoms with van der Waals surface area (Å²) in [4.78, 5) is 4.47. The zero-order valence-electron chi connectivity index (χ0n) is 17.3. The smallest absolute Gasteiger partial charge is 0.123 e. The number of benzene rings is 2. The number of aliphatic hydroxyl groups is 1. The van der Waals surface area contributed by atoms with Crippen molar-refractivity contribution in [3.8, 4) is 5.75 Å². The van der Waals surface area contributed by atoms with E-state index in [-0.39, 0.29) is 5.82 Å². The standard InChI is InChI=1S/C23H31FN2O3/c1-18-3-8-23(15-19(18)2)29-14-13-28-17-22(27)16-25-9-11-26(12-10-25)21-6-4-20(24)5-7-21/h3-8,15,22,27H,9-14,16-17H2,1-2H3/t22-/m1/s1. The third-order valence-electron chi connectivity index (χ3n) is 5.32. The molecule has 0 unspecified atom stereocenters. The largest absolute Gasteiger partial charge is 0.491 e. The molecule has 1 atom stereocenters. The highest BCUT2D eigenvalue weighted by molar-refractivity contribution is 5.46. The second kappa shape index (κ2) is 10.6. The van der Waals surface area contributed by atoms with Crippen LogP contribution in [0.2, 0.25) is 0 Å². The number of anilines is 1. The van der Waals surface area contributed by atoms with Crippen LogP contribution in [0.5, 0.6) is 5.75 Å². The van der Waals surface area contributed by atoms with Gasteiger partial charge in [0, 0.05) is 38.4 Å². The van der Waals surface area contributed by atoms with Crippen LogP contribution in [-0.4, -0.2) is 68.7 Å². The van der Waals surface area contributed by atoms with E-state index in [1.54, 1.807) is 0 Å².